The molecule has 0 aromatic carbocycles. The Morgan fingerprint density at radius 3 is 2.67 bits per heavy atom. The highest BCUT2D eigenvalue weighted by molar-refractivity contribution is 5.72. The fourth-order valence-corrected chi connectivity index (χ4v) is 1.90. The van der Waals surface area contributed by atoms with Crippen LogP contribution in [0.3, 0.4) is 0 Å². The predicted molar refractivity (Wildman–Crippen MR) is 59.2 cm³/mol. The standard InChI is InChI=1S/C12H19NO2/c1-3-4-5-8-13-9-6-11(7-10-13)12(14)15-2/h11H,5-10H2,1-2H3. The fourth-order valence-electron chi connectivity index (χ4n) is 1.90. The lowest BCUT2D eigenvalue weighted by atomic mass is 9.97. The zero-order valence-electron chi connectivity index (χ0n) is 9.58. The Kier molecular flexibility index (Phi) is 5.20. The number of hydrogen-bond acceptors (Lipinski definition) is 3. The van der Waals surface area contributed by atoms with Crippen molar-refractivity contribution in [2.75, 3.05) is 26.7 Å². The van der Waals surface area contributed by atoms with Gasteiger partial charge in [0, 0.05) is 13.0 Å². The van der Waals surface area contributed by atoms with Gasteiger partial charge < -0.3 is 9.64 Å². The predicted octanol–water partition coefficient (Wildman–Crippen LogP) is 1.28. The third kappa shape index (κ3) is 3.93. The summed E-state index contributed by atoms with van der Waals surface area (Å²) < 4.78 is 4.74. The minimum atomic E-state index is -0.0528. The van der Waals surface area contributed by atoms with Crippen molar-refractivity contribution in [2.45, 2.75) is 26.2 Å². The fraction of sp³-hybridized carbons (Fsp3) is 0.750. The van der Waals surface area contributed by atoms with Crippen LogP contribution < -0.4 is 0 Å². The maximum Gasteiger partial charge on any atom is 0.308 e. The number of carbonyl (C=O) groups excluding carboxylic acids is 1. The van der Waals surface area contributed by atoms with Gasteiger partial charge in [0.15, 0.2) is 0 Å². The summed E-state index contributed by atoms with van der Waals surface area (Å²) in [5.74, 6) is 6.01. The quantitative estimate of drug-likeness (QED) is 0.518. The minimum absolute atomic E-state index is 0.0528. The topological polar surface area (TPSA) is 29.5 Å². The molecule has 0 aromatic rings. The van der Waals surface area contributed by atoms with Gasteiger partial charge in [0.2, 0.25) is 0 Å². The van der Waals surface area contributed by atoms with Crippen molar-refractivity contribution in [1.82, 2.24) is 4.90 Å². The van der Waals surface area contributed by atoms with Crippen LogP contribution in [0.25, 0.3) is 0 Å². The van der Waals surface area contributed by atoms with Crippen molar-refractivity contribution in [2.24, 2.45) is 5.92 Å². The molecule has 1 heterocycles. The van der Waals surface area contributed by atoms with E-state index < -0.39 is 0 Å². The first-order chi connectivity index (χ1) is 7.27. The van der Waals surface area contributed by atoms with Gasteiger partial charge in [-0.15, -0.1) is 11.8 Å². The lowest BCUT2D eigenvalue weighted by Crippen LogP contribution is -2.37. The van der Waals surface area contributed by atoms with Gasteiger partial charge in [-0.1, -0.05) is 0 Å². The van der Waals surface area contributed by atoms with Gasteiger partial charge in [-0.05, 0) is 32.9 Å². The van der Waals surface area contributed by atoms with E-state index in [1.807, 2.05) is 6.92 Å². The van der Waals surface area contributed by atoms with Gasteiger partial charge in [-0.2, -0.15) is 0 Å². The lowest BCUT2D eigenvalue weighted by molar-refractivity contribution is -0.147. The second kappa shape index (κ2) is 6.47. The monoisotopic (exact) mass is 209 g/mol. The Hall–Kier alpha value is -1.01. The maximum atomic E-state index is 11.3. The molecule has 3 nitrogen and oxygen atoms in total. The molecule has 3 heteroatoms. The third-order valence-electron chi connectivity index (χ3n) is 2.85. The van der Waals surface area contributed by atoms with Crippen molar-refractivity contribution in [3.8, 4) is 11.8 Å². The Labute approximate surface area is 91.8 Å². The first kappa shape index (κ1) is 12.1. The third-order valence-corrected chi connectivity index (χ3v) is 2.85. The summed E-state index contributed by atoms with van der Waals surface area (Å²) in [5, 5.41) is 0. The maximum absolute atomic E-state index is 11.3. The number of carbonyl (C=O) groups is 1. The van der Waals surface area contributed by atoms with E-state index in [0.29, 0.717) is 0 Å². The number of nitrogens with zero attached hydrogens (tertiary/aromatic N) is 1. The zero-order chi connectivity index (χ0) is 11.1. The van der Waals surface area contributed by atoms with Crippen LogP contribution in [0.15, 0.2) is 0 Å². The molecule has 0 atom stereocenters. The number of hydrogen-bond donors (Lipinski definition) is 0. The molecule has 84 valence electrons. The summed E-state index contributed by atoms with van der Waals surface area (Å²) in [4.78, 5) is 13.6. The SMILES string of the molecule is CC#CCCN1CCC(C(=O)OC)CC1. The van der Waals surface area contributed by atoms with E-state index in [2.05, 4.69) is 16.7 Å². The van der Waals surface area contributed by atoms with Crippen LogP contribution in [0.2, 0.25) is 0 Å². The average Bonchev–Trinajstić information content (AvgIpc) is 2.29. The van der Waals surface area contributed by atoms with E-state index >= 15 is 0 Å². The van der Waals surface area contributed by atoms with Crippen LogP contribution in [0.5, 0.6) is 0 Å². The number of methoxy groups -OCH3 is 1. The summed E-state index contributed by atoms with van der Waals surface area (Å²) in [7, 11) is 1.46. The average molecular weight is 209 g/mol. The van der Waals surface area contributed by atoms with Crippen molar-refractivity contribution in [1.29, 1.82) is 0 Å². The molecule has 0 unspecified atom stereocenters. The highest BCUT2D eigenvalue weighted by Gasteiger charge is 2.24. The van der Waals surface area contributed by atoms with Gasteiger partial charge in [0.1, 0.15) is 0 Å². The van der Waals surface area contributed by atoms with E-state index in [9.17, 15) is 4.79 Å². The molecule has 0 aromatic heterocycles. The van der Waals surface area contributed by atoms with Crippen LogP contribution in [0.4, 0.5) is 0 Å². The Balaban J connectivity index is 2.22. The smallest absolute Gasteiger partial charge is 0.308 e. The molecule has 0 saturated carbocycles. The van der Waals surface area contributed by atoms with Gasteiger partial charge in [-0.25, -0.2) is 0 Å². The molecule has 0 spiro atoms. The van der Waals surface area contributed by atoms with Crippen LogP contribution in [-0.4, -0.2) is 37.6 Å². The van der Waals surface area contributed by atoms with E-state index in [0.717, 1.165) is 38.9 Å². The van der Waals surface area contributed by atoms with Crippen LogP contribution >= 0.6 is 0 Å². The van der Waals surface area contributed by atoms with Gasteiger partial charge in [0.05, 0.1) is 13.0 Å². The summed E-state index contributed by atoms with van der Waals surface area (Å²) in [6, 6.07) is 0. The van der Waals surface area contributed by atoms with Gasteiger partial charge in [-0.3, -0.25) is 4.79 Å². The Morgan fingerprint density at radius 1 is 1.47 bits per heavy atom. The number of piperidine rings is 1. The van der Waals surface area contributed by atoms with Crippen molar-refractivity contribution >= 4 is 5.97 Å². The zero-order valence-corrected chi connectivity index (χ0v) is 9.58. The van der Waals surface area contributed by atoms with Gasteiger partial charge in [0.25, 0.3) is 0 Å². The summed E-state index contributed by atoms with van der Waals surface area (Å²) in [6.07, 6.45) is 2.78. The molecular weight excluding hydrogens is 190 g/mol. The van der Waals surface area contributed by atoms with Gasteiger partial charge >= 0.3 is 5.97 Å². The lowest BCUT2D eigenvalue weighted by Gasteiger charge is -2.29. The summed E-state index contributed by atoms with van der Waals surface area (Å²) in [6.45, 7) is 4.87. The van der Waals surface area contributed by atoms with Crippen molar-refractivity contribution in [3.63, 3.8) is 0 Å². The molecule has 15 heavy (non-hydrogen) atoms. The van der Waals surface area contributed by atoms with Crippen molar-refractivity contribution in [3.05, 3.63) is 0 Å². The molecule has 1 aliphatic rings. The summed E-state index contributed by atoms with van der Waals surface area (Å²) >= 11 is 0. The molecule has 0 radical (unpaired) electrons. The van der Waals surface area contributed by atoms with Crippen LogP contribution in [0, 0.1) is 17.8 Å². The first-order valence-corrected chi connectivity index (χ1v) is 5.47. The summed E-state index contributed by atoms with van der Waals surface area (Å²) in [5.41, 5.74) is 0. The second-order valence-electron chi connectivity index (χ2n) is 3.82. The van der Waals surface area contributed by atoms with E-state index in [1.165, 1.54) is 7.11 Å². The van der Waals surface area contributed by atoms with E-state index in [4.69, 9.17) is 4.74 Å². The number of esters is 1. The molecular formula is C12H19NO2. The number of ether oxygens (including phenoxy) is 1. The largest absolute Gasteiger partial charge is 0.469 e. The van der Waals surface area contributed by atoms with Crippen LogP contribution in [0.1, 0.15) is 26.2 Å². The highest BCUT2D eigenvalue weighted by atomic mass is 16.5. The number of likely N-dealkylation sites (tertiary alicyclic amines) is 1. The van der Waals surface area contributed by atoms with E-state index in [1.54, 1.807) is 0 Å². The molecule has 0 aliphatic carbocycles. The first-order valence-electron chi connectivity index (χ1n) is 5.47. The normalized spacial score (nSPS) is 18.0. The van der Waals surface area contributed by atoms with Crippen LogP contribution in [-0.2, 0) is 9.53 Å². The molecule has 1 saturated heterocycles. The van der Waals surface area contributed by atoms with Crippen molar-refractivity contribution < 1.29 is 9.53 Å². The van der Waals surface area contributed by atoms with E-state index in [-0.39, 0.29) is 11.9 Å². The molecule has 0 amide bonds. The second-order valence-corrected chi connectivity index (χ2v) is 3.82. The molecule has 0 bridgehead atoms. The Morgan fingerprint density at radius 2 is 2.13 bits per heavy atom. The molecule has 0 N–H and O–H groups in total. The molecule has 1 fully saturated rings. The highest BCUT2D eigenvalue weighted by Crippen LogP contribution is 2.18. The molecule has 1 aliphatic heterocycles. The minimum Gasteiger partial charge on any atom is -0.469 e. The molecule has 1 rings (SSSR count). The Bertz CT molecular complexity index is 257. The number of rotatable bonds is 3.